The third kappa shape index (κ3) is 2.98. The monoisotopic (exact) mass is 451 g/mol. The maximum Gasteiger partial charge on any atom is 0.256 e. The number of carbonyl (C=O) groups excluding carboxylic acids is 1. The molecule has 168 valence electrons. The van der Waals surface area contributed by atoms with Crippen molar-refractivity contribution < 1.29 is 18.0 Å². The maximum absolute atomic E-state index is 14.0. The number of carbonyl (C=O) groups is 1. The Hall–Kier alpha value is -3.62. The van der Waals surface area contributed by atoms with E-state index in [-0.39, 0.29) is 23.6 Å². The van der Waals surface area contributed by atoms with Crippen LogP contribution in [0.25, 0.3) is 16.8 Å². The molecule has 0 radical (unpaired) electrons. The van der Waals surface area contributed by atoms with Gasteiger partial charge < -0.3 is 9.30 Å². The number of nitrogens with zero attached hydrogens (tertiary/aromatic N) is 5. The zero-order valence-electron chi connectivity index (χ0n) is 17.8. The Bertz CT molecular complexity index is 1400. The molecule has 3 aromatic heterocycles. The minimum absolute atomic E-state index is 0.0553. The van der Waals surface area contributed by atoms with E-state index >= 15 is 0 Å². The number of aromatic nitrogens is 4. The molecule has 0 aliphatic carbocycles. The second kappa shape index (κ2) is 7.19. The standard InChI is InChI=1S/C24H20F3N5O/c1-30-23(14-7-18(25)21(27)19(26)8-14)17-9-15-3-2-4-20(22(17)29-30)32(15)24(33)13-5-6-16-10-28-12-31(16)11-13/h5-8,10-12,15,20H,2-4,9H2,1H3/t15-,20+/m0/s1. The van der Waals surface area contributed by atoms with Crippen LogP contribution in [0.2, 0.25) is 0 Å². The Kier molecular flexibility index (Phi) is 4.36. The minimum Gasteiger partial charge on any atom is -0.327 e. The molecule has 2 aliphatic heterocycles. The molecule has 5 heterocycles. The van der Waals surface area contributed by atoms with Gasteiger partial charge in [0.05, 0.1) is 41.0 Å². The first-order chi connectivity index (χ1) is 15.9. The third-order valence-electron chi connectivity index (χ3n) is 6.82. The highest BCUT2D eigenvalue weighted by Gasteiger charge is 2.43. The third-order valence-corrected chi connectivity index (χ3v) is 6.82. The zero-order chi connectivity index (χ0) is 22.9. The van der Waals surface area contributed by atoms with Crippen molar-refractivity contribution in [2.75, 3.05) is 0 Å². The van der Waals surface area contributed by atoms with Gasteiger partial charge in [-0.1, -0.05) is 0 Å². The Balaban J connectivity index is 1.43. The molecule has 1 saturated heterocycles. The summed E-state index contributed by atoms with van der Waals surface area (Å²) in [5, 5.41) is 4.67. The van der Waals surface area contributed by atoms with E-state index in [1.165, 1.54) is 0 Å². The average Bonchev–Trinajstić information content (AvgIpc) is 3.39. The number of hydrogen-bond donors (Lipinski definition) is 0. The van der Waals surface area contributed by atoms with Crippen molar-refractivity contribution in [3.63, 3.8) is 0 Å². The van der Waals surface area contributed by atoms with E-state index in [4.69, 9.17) is 0 Å². The molecule has 0 unspecified atom stereocenters. The van der Waals surface area contributed by atoms with Gasteiger partial charge in [0.1, 0.15) is 0 Å². The lowest BCUT2D eigenvalue weighted by Crippen LogP contribution is -2.49. The highest BCUT2D eigenvalue weighted by molar-refractivity contribution is 5.95. The van der Waals surface area contributed by atoms with Crippen molar-refractivity contribution in [2.45, 2.75) is 37.8 Å². The summed E-state index contributed by atoms with van der Waals surface area (Å²) in [6.07, 6.45) is 8.24. The Labute approximate surface area is 187 Å². The summed E-state index contributed by atoms with van der Waals surface area (Å²) in [6, 6.07) is 5.39. The predicted molar refractivity (Wildman–Crippen MR) is 114 cm³/mol. The number of halogens is 3. The fourth-order valence-corrected chi connectivity index (χ4v) is 5.40. The number of piperidine rings is 1. The smallest absolute Gasteiger partial charge is 0.256 e. The number of rotatable bonds is 2. The van der Waals surface area contributed by atoms with E-state index in [1.54, 1.807) is 36.5 Å². The van der Waals surface area contributed by atoms with Gasteiger partial charge in [-0.3, -0.25) is 9.48 Å². The highest BCUT2D eigenvalue weighted by atomic mass is 19.2. The Morgan fingerprint density at radius 1 is 1.12 bits per heavy atom. The largest absolute Gasteiger partial charge is 0.327 e. The van der Waals surface area contributed by atoms with E-state index in [9.17, 15) is 18.0 Å². The van der Waals surface area contributed by atoms with Crippen LogP contribution in [0.5, 0.6) is 0 Å². The molecule has 0 spiro atoms. The van der Waals surface area contributed by atoms with Gasteiger partial charge in [0.25, 0.3) is 5.91 Å². The van der Waals surface area contributed by atoms with Crippen molar-refractivity contribution in [3.05, 3.63) is 77.3 Å². The molecule has 0 N–H and O–H groups in total. The van der Waals surface area contributed by atoms with Crippen LogP contribution >= 0.6 is 0 Å². The fraction of sp³-hybridized carbons (Fsp3) is 0.292. The minimum atomic E-state index is -1.49. The molecule has 4 aromatic rings. The lowest BCUT2D eigenvalue weighted by atomic mass is 9.81. The lowest BCUT2D eigenvalue weighted by Gasteiger charge is -2.45. The van der Waals surface area contributed by atoms with E-state index in [2.05, 4.69) is 10.1 Å². The van der Waals surface area contributed by atoms with Crippen LogP contribution in [0.15, 0.2) is 43.0 Å². The molecular formula is C24H20F3N5O. The molecule has 33 heavy (non-hydrogen) atoms. The molecule has 1 fully saturated rings. The molecule has 0 saturated carbocycles. The van der Waals surface area contributed by atoms with Crippen molar-refractivity contribution in [2.24, 2.45) is 7.05 Å². The number of imidazole rings is 1. The average molecular weight is 451 g/mol. The lowest BCUT2D eigenvalue weighted by molar-refractivity contribution is 0.0391. The molecular weight excluding hydrogens is 431 g/mol. The Morgan fingerprint density at radius 3 is 2.70 bits per heavy atom. The summed E-state index contributed by atoms with van der Waals surface area (Å²) in [4.78, 5) is 19.6. The normalized spacial score (nSPS) is 19.7. The molecule has 1 amide bonds. The van der Waals surface area contributed by atoms with Crippen molar-refractivity contribution in [1.29, 1.82) is 0 Å². The number of fused-ring (bicyclic) bond motifs is 5. The first kappa shape index (κ1) is 20.0. The molecule has 2 bridgehead atoms. The van der Waals surface area contributed by atoms with Crippen LogP contribution in [-0.2, 0) is 13.5 Å². The summed E-state index contributed by atoms with van der Waals surface area (Å²) in [5.41, 5.74) is 3.88. The van der Waals surface area contributed by atoms with Crippen LogP contribution in [0.4, 0.5) is 13.2 Å². The molecule has 2 atom stereocenters. The van der Waals surface area contributed by atoms with Gasteiger partial charge in [-0.15, -0.1) is 0 Å². The summed E-state index contributed by atoms with van der Waals surface area (Å²) in [7, 11) is 1.70. The van der Waals surface area contributed by atoms with Crippen molar-refractivity contribution in [3.8, 4) is 11.3 Å². The van der Waals surface area contributed by atoms with E-state index < -0.39 is 17.5 Å². The topological polar surface area (TPSA) is 55.4 Å². The van der Waals surface area contributed by atoms with E-state index in [1.807, 2.05) is 15.4 Å². The molecule has 6 rings (SSSR count). The number of amides is 1. The van der Waals surface area contributed by atoms with Crippen LogP contribution in [0.1, 0.15) is 46.9 Å². The van der Waals surface area contributed by atoms with Gasteiger partial charge in [0.15, 0.2) is 17.5 Å². The van der Waals surface area contributed by atoms with Gasteiger partial charge in [0.2, 0.25) is 0 Å². The second-order valence-corrected chi connectivity index (χ2v) is 8.75. The van der Waals surface area contributed by atoms with E-state index in [0.717, 1.165) is 48.2 Å². The van der Waals surface area contributed by atoms with Crippen molar-refractivity contribution in [1.82, 2.24) is 24.1 Å². The van der Waals surface area contributed by atoms with E-state index in [0.29, 0.717) is 17.7 Å². The number of aryl methyl sites for hydroxylation is 1. The van der Waals surface area contributed by atoms with Crippen LogP contribution < -0.4 is 0 Å². The van der Waals surface area contributed by atoms with Crippen LogP contribution in [-0.4, -0.2) is 36.0 Å². The summed E-state index contributed by atoms with van der Waals surface area (Å²) in [6.45, 7) is 0. The van der Waals surface area contributed by atoms with Crippen molar-refractivity contribution >= 4 is 11.4 Å². The van der Waals surface area contributed by atoms with Gasteiger partial charge >= 0.3 is 0 Å². The molecule has 1 aromatic carbocycles. The molecule has 9 heteroatoms. The first-order valence-corrected chi connectivity index (χ1v) is 10.9. The Morgan fingerprint density at radius 2 is 1.91 bits per heavy atom. The fourth-order valence-electron chi connectivity index (χ4n) is 5.40. The SMILES string of the molecule is Cn1nc2c(c1-c1cc(F)c(F)c(F)c1)C[C@@H]1CCC[C@H]2N1C(=O)c1ccc2cncn2c1. The van der Waals surface area contributed by atoms with Gasteiger partial charge in [0, 0.05) is 30.4 Å². The number of pyridine rings is 1. The maximum atomic E-state index is 14.0. The van der Waals surface area contributed by atoms with Gasteiger partial charge in [-0.25, -0.2) is 18.2 Å². The second-order valence-electron chi connectivity index (χ2n) is 8.75. The first-order valence-electron chi connectivity index (χ1n) is 10.9. The quantitative estimate of drug-likeness (QED) is 0.424. The number of hydrogen-bond acceptors (Lipinski definition) is 3. The molecule has 2 aliphatic rings. The molecule has 6 nitrogen and oxygen atoms in total. The van der Waals surface area contributed by atoms with Crippen LogP contribution in [0, 0.1) is 17.5 Å². The van der Waals surface area contributed by atoms with Gasteiger partial charge in [-0.2, -0.15) is 5.10 Å². The number of benzene rings is 1. The summed E-state index contributed by atoms with van der Waals surface area (Å²) in [5.74, 6) is -4.03. The summed E-state index contributed by atoms with van der Waals surface area (Å²) < 4.78 is 44.9. The predicted octanol–water partition coefficient (Wildman–Crippen LogP) is 4.44. The highest BCUT2D eigenvalue weighted by Crippen LogP contribution is 2.45. The summed E-state index contributed by atoms with van der Waals surface area (Å²) >= 11 is 0. The van der Waals surface area contributed by atoms with Gasteiger partial charge in [-0.05, 0) is 49.9 Å². The zero-order valence-corrected chi connectivity index (χ0v) is 17.8. The van der Waals surface area contributed by atoms with Crippen LogP contribution in [0.3, 0.4) is 0 Å².